The molecular weight excluding hydrogens is 268 g/mol. The lowest BCUT2D eigenvalue weighted by Gasteiger charge is -2.37. The average Bonchev–Trinajstić information content (AvgIpc) is 2.58. The van der Waals surface area contributed by atoms with Crippen LogP contribution in [0.2, 0.25) is 0 Å². The van der Waals surface area contributed by atoms with Crippen molar-refractivity contribution in [3.8, 4) is 0 Å². The monoisotopic (exact) mass is 306 g/mol. The quantitative estimate of drug-likeness (QED) is 0.473. The second kappa shape index (κ2) is 10.5. The lowest BCUT2D eigenvalue weighted by molar-refractivity contribution is 0.0711. The van der Waals surface area contributed by atoms with Crippen molar-refractivity contribution in [1.82, 2.24) is 0 Å². The van der Waals surface area contributed by atoms with Gasteiger partial charge in [0.1, 0.15) is 0 Å². The first-order valence-corrected chi connectivity index (χ1v) is 10.1. The van der Waals surface area contributed by atoms with Gasteiger partial charge in [-0.3, -0.25) is 0 Å². The van der Waals surface area contributed by atoms with Crippen molar-refractivity contribution in [1.29, 1.82) is 0 Å². The van der Waals surface area contributed by atoms with Crippen molar-refractivity contribution in [2.45, 2.75) is 84.5 Å². The Balaban J connectivity index is 1.60. The predicted octanol–water partition coefficient (Wildman–Crippen LogP) is 6.38. The highest BCUT2D eigenvalue weighted by molar-refractivity contribution is 4.84. The van der Waals surface area contributed by atoms with E-state index < -0.39 is 0 Å². The Bertz CT molecular complexity index is 293. The highest BCUT2D eigenvalue weighted by Gasteiger charge is 2.30. The van der Waals surface area contributed by atoms with E-state index in [1.54, 1.807) is 0 Å². The van der Waals surface area contributed by atoms with Crippen LogP contribution in [0.5, 0.6) is 0 Å². The molecule has 1 heteroatoms. The maximum absolute atomic E-state index is 5.62. The molecular formula is C21H38O. The van der Waals surface area contributed by atoms with Gasteiger partial charge in [0.2, 0.25) is 0 Å². The average molecular weight is 307 g/mol. The van der Waals surface area contributed by atoms with Gasteiger partial charge in [-0.1, -0.05) is 31.9 Å². The van der Waals surface area contributed by atoms with Gasteiger partial charge in [-0.15, -0.1) is 0 Å². The molecule has 0 spiro atoms. The molecule has 2 fully saturated rings. The summed E-state index contributed by atoms with van der Waals surface area (Å²) in [6.07, 6.45) is 20.5. The van der Waals surface area contributed by atoms with Crippen molar-refractivity contribution < 1.29 is 4.74 Å². The first kappa shape index (κ1) is 18.0. The van der Waals surface area contributed by atoms with Gasteiger partial charge in [-0.05, 0) is 88.4 Å². The normalized spacial score (nSPS) is 33.4. The largest absolute Gasteiger partial charge is 0.381 e. The summed E-state index contributed by atoms with van der Waals surface area (Å²) in [6.45, 7) is 6.24. The standard InChI is InChI=1S/C21H38O/c1-3-5-6-7-8-18-9-13-20(14-10-18)21-15-11-19(12-16-21)17-22-4-2/h5-6,18-21H,3-4,7-17H2,1-2H3/b6-5+. The third-order valence-corrected chi connectivity index (χ3v) is 6.15. The fraction of sp³-hybridized carbons (Fsp3) is 0.905. The maximum Gasteiger partial charge on any atom is 0.0494 e. The summed E-state index contributed by atoms with van der Waals surface area (Å²) in [5.74, 6) is 3.97. The van der Waals surface area contributed by atoms with Crippen LogP contribution in [-0.4, -0.2) is 13.2 Å². The van der Waals surface area contributed by atoms with Gasteiger partial charge in [0, 0.05) is 13.2 Å². The Kier molecular flexibility index (Phi) is 8.59. The Hall–Kier alpha value is -0.300. The molecule has 0 saturated heterocycles. The first-order chi connectivity index (χ1) is 10.8. The zero-order valence-corrected chi connectivity index (χ0v) is 15.1. The van der Waals surface area contributed by atoms with Crippen LogP contribution < -0.4 is 0 Å². The van der Waals surface area contributed by atoms with Crippen LogP contribution in [0.4, 0.5) is 0 Å². The van der Waals surface area contributed by atoms with Crippen molar-refractivity contribution in [2.75, 3.05) is 13.2 Å². The zero-order valence-electron chi connectivity index (χ0n) is 15.1. The second-order valence-electron chi connectivity index (χ2n) is 7.68. The highest BCUT2D eigenvalue weighted by Crippen LogP contribution is 2.42. The molecule has 0 heterocycles. The minimum Gasteiger partial charge on any atom is -0.381 e. The molecule has 0 N–H and O–H groups in total. The van der Waals surface area contributed by atoms with Crippen molar-refractivity contribution >= 4 is 0 Å². The van der Waals surface area contributed by atoms with Crippen LogP contribution in [0, 0.1) is 23.7 Å². The minimum atomic E-state index is 0.859. The minimum absolute atomic E-state index is 0.859. The molecule has 0 radical (unpaired) electrons. The van der Waals surface area contributed by atoms with Crippen LogP contribution >= 0.6 is 0 Å². The van der Waals surface area contributed by atoms with Crippen molar-refractivity contribution in [2.24, 2.45) is 23.7 Å². The van der Waals surface area contributed by atoms with Crippen LogP contribution in [0.1, 0.15) is 84.5 Å². The number of allylic oxidation sites excluding steroid dienone is 2. The first-order valence-electron chi connectivity index (χ1n) is 10.1. The van der Waals surface area contributed by atoms with Gasteiger partial charge in [0.15, 0.2) is 0 Å². The molecule has 2 rings (SSSR count). The molecule has 0 aromatic heterocycles. The summed E-state index contributed by atoms with van der Waals surface area (Å²) in [4.78, 5) is 0. The zero-order chi connectivity index (χ0) is 15.6. The molecule has 0 unspecified atom stereocenters. The SMILES string of the molecule is CC/C=C/CCC1CCC(C2CCC(COCC)CC2)CC1. The summed E-state index contributed by atoms with van der Waals surface area (Å²) in [7, 11) is 0. The molecule has 2 aliphatic rings. The molecule has 0 aromatic carbocycles. The van der Waals surface area contributed by atoms with E-state index in [0.29, 0.717) is 0 Å². The van der Waals surface area contributed by atoms with Gasteiger partial charge in [0.25, 0.3) is 0 Å². The smallest absolute Gasteiger partial charge is 0.0494 e. The molecule has 22 heavy (non-hydrogen) atoms. The third-order valence-electron chi connectivity index (χ3n) is 6.15. The lowest BCUT2D eigenvalue weighted by Crippen LogP contribution is -2.27. The molecule has 0 aromatic rings. The molecule has 0 bridgehead atoms. The highest BCUT2D eigenvalue weighted by atomic mass is 16.5. The van der Waals surface area contributed by atoms with E-state index in [2.05, 4.69) is 26.0 Å². The molecule has 0 amide bonds. The van der Waals surface area contributed by atoms with Gasteiger partial charge in [0.05, 0.1) is 0 Å². The Morgan fingerprint density at radius 1 is 0.773 bits per heavy atom. The van der Waals surface area contributed by atoms with Gasteiger partial charge >= 0.3 is 0 Å². The Labute approximate surface area is 138 Å². The van der Waals surface area contributed by atoms with Crippen LogP contribution in [-0.2, 0) is 4.74 Å². The van der Waals surface area contributed by atoms with E-state index in [-0.39, 0.29) is 0 Å². The Morgan fingerprint density at radius 3 is 1.91 bits per heavy atom. The summed E-state index contributed by atoms with van der Waals surface area (Å²) < 4.78 is 5.62. The van der Waals surface area contributed by atoms with Crippen molar-refractivity contribution in [3.63, 3.8) is 0 Å². The van der Waals surface area contributed by atoms with E-state index in [9.17, 15) is 0 Å². The fourth-order valence-corrected chi connectivity index (χ4v) is 4.68. The number of rotatable bonds is 8. The van der Waals surface area contributed by atoms with E-state index >= 15 is 0 Å². The molecule has 2 saturated carbocycles. The molecule has 2 aliphatic carbocycles. The molecule has 128 valence electrons. The van der Waals surface area contributed by atoms with Gasteiger partial charge in [-0.2, -0.15) is 0 Å². The fourth-order valence-electron chi connectivity index (χ4n) is 4.68. The second-order valence-corrected chi connectivity index (χ2v) is 7.68. The van der Waals surface area contributed by atoms with Crippen LogP contribution in [0.15, 0.2) is 12.2 Å². The molecule has 0 aliphatic heterocycles. The lowest BCUT2D eigenvalue weighted by atomic mass is 9.69. The van der Waals surface area contributed by atoms with Crippen LogP contribution in [0.25, 0.3) is 0 Å². The Morgan fingerprint density at radius 2 is 1.36 bits per heavy atom. The van der Waals surface area contributed by atoms with E-state index in [4.69, 9.17) is 4.74 Å². The summed E-state index contributed by atoms with van der Waals surface area (Å²) in [5, 5.41) is 0. The van der Waals surface area contributed by atoms with E-state index in [1.807, 2.05) is 0 Å². The van der Waals surface area contributed by atoms with Crippen LogP contribution in [0.3, 0.4) is 0 Å². The predicted molar refractivity (Wildman–Crippen MR) is 96.1 cm³/mol. The number of hydrogen-bond acceptors (Lipinski definition) is 1. The van der Waals surface area contributed by atoms with Crippen molar-refractivity contribution in [3.05, 3.63) is 12.2 Å². The van der Waals surface area contributed by atoms with E-state index in [1.165, 1.54) is 70.6 Å². The molecule has 1 nitrogen and oxygen atoms in total. The van der Waals surface area contributed by atoms with E-state index in [0.717, 1.165) is 36.9 Å². The maximum atomic E-state index is 5.62. The van der Waals surface area contributed by atoms with Gasteiger partial charge in [-0.25, -0.2) is 0 Å². The molecule has 0 atom stereocenters. The van der Waals surface area contributed by atoms with Gasteiger partial charge < -0.3 is 4.74 Å². The topological polar surface area (TPSA) is 9.23 Å². The number of hydrogen-bond donors (Lipinski definition) is 0. The third kappa shape index (κ3) is 6.07. The summed E-state index contributed by atoms with van der Waals surface area (Å²) in [6, 6.07) is 0. The number of ether oxygens (including phenoxy) is 1. The summed E-state index contributed by atoms with van der Waals surface area (Å²) >= 11 is 0. The summed E-state index contributed by atoms with van der Waals surface area (Å²) in [5.41, 5.74) is 0.